The second-order valence-corrected chi connectivity index (χ2v) is 6.84. The first kappa shape index (κ1) is 17.4. The monoisotopic (exact) mass is 401 g/mol. The number of halogens is 2. The van der Waals surface area contributed by atoms with Gasteiger partial charge in [0.15, 0.2) is 0 Å². The molecule has 0 radical (unpaired) electrons. The first-order valence-electron chi connectivity index (χ1n) is 8.00. The number of hydrogen-bond acceptors (Lipinski definition) is 3. The summed E-state index contributed by atoms with van der Waals surface area (Å²) in [7, 11) is 0. The third kappa shape index (κ3) is 3.52. The third-order valence-corrected chi connectivity index (χ3v) is 5.12. The number of amides is 1. The van der Waals surface area contributed by atoms with Gasteiger partial charge >= 0.3 is 0 Å². The zero-order valence-electron chi connectivity index (χ0n) is 13.8. The lowest BCUT2D eigenvalue weighted by molar-refractivity contribution is 0.0745. The Hall–Kier alpha value is -2.39. The van der Waals surface area contributed by atoms with E-state index in [4.69, 9.17) is 5.26 Å². The van der Waals surface area contributed by atoms with Gasteiger partial charge in [0.05, 0.1) is 22.9 Å². The number of carbonyl (C=O) groups excluding carboxylic acids is 1. The molecule has 0 aliphatic carbocycles. The molecule has 0 unspecified atom stereocenters. The number of piperazine rings is 1. The Bertz CT molecular complexity index is 854. The number of carbonyl (C=O) groups is 1. The summed E-state index contributed by atoms with van der Waals surface area (Å²) < 4.78 is 15.1. The summed E-state index contributed by atoms with van der Waals surface area (Å²) in [6, 6.07) is 12.3. The molecule has 3 rings (SSSR count). The fourth-order valence-corrected chi connectivity index (χ4v) is 3.44. The van der Waals surface area contributed by atoms with Crippen molar-refractivity contribution in [1.29, 1.82) is 5.26 Å². The minimum atomic E-state index is -0.396. The summed E-state index contributed by atoms with van der Waals surface area (Å²) in [5.41, 5.74) is 2.23. The van der Waals surface area contributed by atoms with E-state index < -0.39 is 5.82 Å². The molecule has 2 aromatic carbocycles. The lowest BCUT2D eigenvalue weighted by Gasteiger charge is -2.36. The smallest absolute Gasteiger partial charge is 0.255 e. The van der Waals surface area contributed by atoms with Crippen molar-refractivity contribution in [3.05, 3.63) is 63.4 Å². The number of hydrogen-bond donors (Lipinski definition) is 0. The van der Waals surface area contributed by atoms with Gasteiger partial charge in [0, 0.05) is 30.7 Å². The molecule has 0 saturated carbocycles. The van der Waals surface area contributed by atoms with Crippen molar-refractivity contribution in [2.24, 2.45) is 0 Å². The third-order valence-electron chi connectivity index (χ3n) is 4.43. The zero-order chi connectivity index (χ0) is 18.0. The van der Waals surface area contributed by atoms with E-state index in [1.54, 1.807) is 24.0 Å². The fraction of sp³-hybridized carbons (Fsp3) is 0.263. The summed E-state index contributed by atoms with van der Waals surface area (Å²) in [4.78, 5) is 16.3. The van der Waals surface area contributed by atoms with Crippen LogP contribution in [-0.4, -0.2) is 37.0 Å². The van der Waals surface area contributed by atoms with Gasteiger partial charge in [-0.15, -0.1) is 0 Å². The van der Waals surface area contributed by atoms with Crippen LogP contribution in [0, 0.1) is 24.1 Å². The van der Waals surface area contributed by atoms with Crippen LogP contribution in [0.15, 0.2) is 40.9 Å². The van der Waals surface area contributed by atoms with Crippen molar-refractivity contribution in [2.45, 2.75) is 6.92 Å². The Balaban J connectivity index is 1.72. The van der Waals surface area contributed by atoms with Crippen molar-refractivity contribution in [3.8, 4) is 6.07 Å². The number of benzene rings is 2. The molecule has 2 aromatic rings. The van der Waals surface area contributed by atoms with Crippen LogP contribution in [0.3, 0.4) is 0 Å². The fourth-order valence-electron chi connectivity index (χ4n) is 2.98. The molecule has 1 amide bonds. The quantitative estimate of drug-likeness (QED) is 0.769. The highest BCUT2D eigenvalue weighted by atomic mass is 79.9. The van der Waals surface area contributed by atoms with Gasteiger partial charge in [0.25, 0.3) is 5.91 Å². The summed E-state index contributed by atoms with van der Waals surface area (Å²) in [6.45, 7) is 3.96. The number of aryl methyl sites for hydroxylation is 1. The maximum atomic E-state index is 14.3. The van der Waals surface area contributed by atoms with Crippen LogP contribution >= 0.6 is 15.9 Å². The van der Waals surface area contributed by atoms with E-state index in [1.165, 1.54) is 6.07 Å². The van der Waals surface area contributed by atoms with Crippen molar-refractivity contribution < 1.29 is 9.18 Å². The molecule has 0 bridgehead atoms. The molecule has 1 aliphatic heterocycles. The molecule has 1 fully saturated rings. The highest BCUT2D eigenvalue weighted by Crippen LogP contribution is 2.25. The van der Waals surface area contributed by atoms with Gasteiger partial charge in [-0.25, -0.2) is 4.39 Å². The highest BCUT2D eigenvalue weighted by Gasteiger charge is 2.25. The van der Waals surface area contributed by atoms with Crippen LogP contribution in [0.1, 0.15) is 21.5 Å². The average molecular weight is 402 g/mol. The molecule has 1 heterocycles. The summed E-state index contributed by atoms with van der Waals surface area (Å²) >= 11 is 3.41. The minimum absolute atomic E-state index is 0.0244. The van der Waals surface area contributed by atoms with E-state index in [2.05, 4.69) is 15.9 Å². The van der Waals surface area contributed by atoms with E-state index in [9.17, 15) is 9.18 Å². The van der Waals surface area contributed by atoms with Crippen molar-refractivity contribution in [1.82, 2.24) is 4.90 Å². The molecular formula is C19H17BrFN3O. The Morgan fingerprint density at radius 3 is 2.52 bits per heavy atom. The molecular weight excluding hydrogens is 385 g/mol. The molecule has 0 N–H and O–H groups in total. The predicted octanol–water partition coefficient (Wildman–Crippen LogP) is 3.73. The van der Waals surface area contributed by atoms with E-state index >= 15 is 0 Å². The van der Waals surface area contributed by atoms with Crippen molar-refractivity contribution in [2.75, 3.05) is 31.1 Å². The van der Waals surface area contributed by atoms with Crippen LogP contribution in [0.5, 0.6) is 0 Å². The van der Waals surface area contributed by atoms with Crippen molar-refractivity contribution >= 4 is 27.5 Å². The van der Waals surface area contributed by atoms with Crippen LogP contribution in [-0.2, 0) is 0 Å². The van der Waals surface area contributed by atoms with E-state index in [-0.39, 0.29) is 5.91 Å². The normalized spacial score (nSPS) is 14.3. The summed E-state index contributed by atoms with van der Waals surface area (Å²) in [5.74, 6) is -0.420. The molecule has 0 atom stereocenters. The van der Waals surface area contributed by atoms with Crippen LogP contribution in [0.4, 0.5) is 10.1 Å². The van der Waals surface area contributed by atoms with Crippen LogP contribution in [0.2, 0.25) is 0 Å². The van der Waals surface area contributed by atoms with E-state index in [1.807, 2.05) is 29.2 Å². The maximum absolute atomic E-state index is 14.3. The topological polar surface area (TPSA) is 47.3 Å². The number of rotatable bonds is 2. The van der Waals surface area contributed by atoms with Gasteiger partial charge in [-0.05, 0) is 52.7 Å². The molecule has 0 aromatic heterocycles. The zero-order valence-corrected chi connectivity index (χ0v) is 15.4. The largest absolute Gasteiger partial charge is 0.366 e. The standard InChI is InChI=1S/C19H17BrFN3O/c1-13-10-18(17(21)11-14(13)12-22)23-6-8-24(9-7-23)19(25)15-4-2-3-5-16(15)20/h2-5,10-11H,6-9H2,1H3. The van der Waals surface area contributed by atoms with Gasteiger partial charge in [0.2, 0.25) is 0 Å². The van der Waals surface area contributed by atoms with Gasteiger partial charge < -0.3 is 9.80 Å². The first-order chi connectivity index (χ1) is 12.0. The summed E-state index contributed by atoms with van der Waals surface area (Å²) in [5, 5.41) is 8.99. The Labute approximate surface area is 154 Å². The van der Waals surface area contributed by atoms with Gasteiger partial charge in [0.1, 0.15) is 5.82 Å². The van der Waals surface area contributed by atoms with Gasteiger partial charge in [-0.1, -0.05) is 12.1 Å². The van der Waals surface area contributed by atoms with Crippen LogP contribution < -0.4 is 4.90 Å². The number of nitrogens with zero attached hydrogens (tertiary/aromatic N) is 3. The maximum Gasteiger partial charge on any atom is 0.255 e. The first-order valence-corrected chi connectivity index (χ1v) is 8.79. The van der Waals surface area contributed by atoms with Gasteiger partial charge in [-0.3, -0.25) is 4.79 Å². The predicted molar refractivity (Wildman–Crippen MR) is 98.1 cm³/mol. The molecule has 0 spiro atoms. The molecule has 25 heavy (non-hydrogen) atoms. The van der Waals surface area contributed by atoms with Crippen molar-refractivity contribution in [3.63, 3.8) is 0 Å². The molecule has 6 heteroatoms. The number of nitriles is 1. The highest BCUT2D eigenvalue weighted by molar-refractivity contribution is 9.10. The lowest BCUT2D eigenvalue weighted by atomic mass is 10.1. The second-order valence-electron chi connectivity index (χ2n) is 5.99. The lowest BCUT2D eigenvalue weighted by Crippen LogP contribution is -2.49. The van der Waals surface area contributed by atoms with Crippen LogP contribution in [0.25, 0.3) is 0 Å². The molecule has 1 aliphatic rings. The SMILES string of the molecule is Cc1cc(N2CCN(C(=O)c3ccccc3Br)CC2)c(F)cc1C#N. The number of anilines is 1. The minimum Gasteiger partial charge on any atom is -0.366 e. The average Bonchev–Trinajstić information content (AvgIpc) is 2.63. The van der Waals surface area contributed by atoms with E-state index in [0.29, 0.717) is 43.0 Å². The Morgan fingerprint density at radius 2 is 1.88 bits per heavy atom. The van der Waals surface area contributed by atoms with Gasteiger partial charge in [-0.2, -0.15) is 5.26 Å². The Kier molecular flexibility index (Phi) is 5.05. The van der Waals surface area contributed by atoms with E-state index in [0.717, 1.165) is 10.0 Å². The molecule has 1 saturated heterocycles. The molecule has 4 nitrogen and oxygen atoms in total. The summed E-state index contributed by atoms with van der Waals surface area (Å²) in [6.07, 6.45) is 0. The second kappa shape index (κ2) is 7.24. The molecule has 128 valence electrons. The Morgan fingerprint density at radius 1 is 1.20 bits per heavy atom.